The van der Waals surface area contributed by atoms with Crippen LogP contribution >= 0.6 is 0 Å². The zero-order valence-electron chi connectivity index (χ0n) is 14.3. The van der Waals surface area contributed by atoms with E-state index in [2.05, 4.69) is 17.2 Å². The minimum Gasteiger partial charge on any atom is -0.320 e. The molecular weight excluding hydrogens is 260 g/mol. The number of aromatic nitrogens is 3. The molecule has 0 spiro atoms. The van der Waals surface area contributed by atoms with Crippen molar-refractivity contribution >= 4 is 0 Å². The van der Waals surface area contributed by atoms with Gasteiger partial charge in [-0.05, 0) is 20.3 Å². The van der Waals surface area contributed by atoms with Crippen LogP contribution in [0.5, 0.6) is 0 Å². The second-order valence-corrected chi connectivity index (χ2v) is 6.77. The third-order valence-electron chi connectivity index (χ3n) is 3.94. The van der Waals surface area contributed by atoms with Gasteiger partial charge in [0.25, 0.3) is 0 Å². The van der Waals surface area contributed by atoms with Gasteiger partial charge in [-0.15, -0.1) is 5.10 Å². The van der Waals surface area contributed by atoms with Gasteiger partial charge in [0.1, 0.15) is 5.69 Å². The van der Waals surface area contributed by atoms with Crippen molar-refractivity contribution in [2.24, 2.45) is 5.73 Å². The van der Waals surface area contributed by atoms with Gasteiger partial charge >= 0.3 is 0 Å². The second kappa shape index (κ2) is 9.93. The Bertz CT molecular complexity index is 365. The minimum absolute atomic E-state index is 0.393. The fourth-order valence-electron chi connectivity index (χ4n) is 2.46. The third kappa shape index (κ3) is 8.20. The number of hydrogen-bond donors (Lipinski definition) is 1. The van der Waals surface area contributed by atoms with Crippen molar-refractivity contribution in [2.45, 2.75) is 97.1 Å². The third-order valence-corrected chi connectivity index (χ3v) is 3.94. The SMILES string of the molecule is CCCCCCCCCCCCn1cc(C(C)(C)N)nn1. The minimum atomic E-state index is -0.393. The van der Waals surface area contributed by atoms with Gasteiger partial charge in [0, 0.05) is 6.54 Å². The summed E-state index contributed by atoms with van der Waals surface area (Å²) in [5.74, 6) is 0. The van der Waals surface area contributed by atoms with Crippen LogP contribution in [0, 0.1) is 0 Å². The average Bonchev–Trinajstić information content (AvgIpc) is 2.90. The van der Waals surface area contributed by atoms with Crippen molar-refractivity contribution in [3.8, 4) is 0 Å². The van der Waals surface area contributed by atoms with Crippen LogP contribution < -0.4 is 5.73 Å². The summed E-state index contributed by atoms with van der Waals surface area (Å²) in [6.45, 7) is 7.15. The van der Waals surface area contributed by atoms with Gasteiger partial charge in [0.05, 0.1) is 11.7 Å². The van der Waals surface area contributed by atoms with Crippen LogP contribution in [0.25, 0.3) is 0 Å². The zero-order valence-corrected chi connectivity index (χ0v) is 14.3. The quantitative estimate of drug-likeness (QED) is 0.581. The van der Waals surface area contributed by atoms with Crippen LogP contribution in [-0.2, 0) is 12.1 Å². The molecule has 4 heteroatoms. The summed E-state index contributed by atoms with van der Waals surface area (Å²) in [6, 6.07) is 0. The Balaban J connectivity index is 1.98. The molecule has 0 aliphatic rings. The molecule has 0 aliphatic carbocycles. The van der Waals surface area contributed by atoms with Crippen molar-refractivity contribution in [1.82, 2.24) is 15.0 Å². The molecule has 4 nitrogen and oxygen atoms in total. The van der Waals surface area contributed by atoms with E-state index in [9.17, 15) is 0 Å². The van der Waals surface area contributed by atoms with E-state index in [0.29, 0.717) is 0 Å². The maximum absolute atomic E-state index is 6.01. The summed E-state index contributed by atoms with van der Waals surface area (Å²) >= 11 is 0. The first kappa shape index (κ1) is 18.1. The first-order valence-corrected chi connectivity index (χ1v) is 8.73. The lowest BCUT2D eigenvalue weighted by atomic mass is 10.0. The summed E-state index contributed by atoms with van der Waals surface area (Å²) in [5, 5.41) is 8.28. The molecule has 0 aliphatic heterocycles. The Morgan fingerprint density at radius 1 is 0.952 bits per heavy atom. The van der Waals surface area contributed by atoms with E-state index in [0.717, 1.165) is 12.2 Å². The molecule has 0 bridgehead atoms. The molecule has 1 heterocycles. The van der Waals surface area contributed by atoms with Crippen LogP contribution in [0.1, 0.15) is 90.7 Å². The molecule has 0 fully saturated rings. The normalized spacial score (nSPS) is 12.0. The van der Waals surface area contributed by atoms with Gasteiger partial charge in [0.15, 0.2) is 0 Å². The molecule has 1 aromatic rings. The van der Waals surface area contributed by atoms with Gasteiger partial charge in [-0.3, -0.25) is 4.68 Å². The van der Waals surface area contributed by atoms with Crippen LogP contribution in [0.2, 0.25) is 0 Å². The standard InChI is InChI=1S/C17H34N4/c1-4-5-6-7-8-9-10-11-12-13-14-21-15-16(19-20-21)17(2,3)18/h15H,4-14,18H2,1-3H3. The smallest absolute Gasteiger partial charge is 0.102 e. The summed E-state index contributed by atoms with van der Waals surface area (Å²) < 4.78 is 1.93. The summed E-state index contributed by atoms with van der Waals surface area (Å²) in [7, 11) is 0. The number of hydrogen-bond acceptors (Lipinski definition) is 3. The molecule has 0 atom stereocenters. The van der Waals surface area contributed by atoms with Gasteiger partial charge in [-0.2, -0.15) is 0 Å². The highest BCUT2D eigenvalue weighted by Gasteiger charge is 2.17. The van der Waals surface area contributed by atoms with E-state index in [-0.39, 0.29) is 0 Å². The van der Waals surface area contributed by atoms with Crippen molar-refractivity contribution in [3.05, 3.63) is 11.9 Å². The van der Waals surface area contributed by atoms with Crippen molar-refractivity contribution in [2.75, 3.05) is 0 Å². The van der Waals surface area contributed by atoms with Crippen molar-refractivity contribution in [1.29, 1.82) is 0 Å². The first-order valence-electron chi connectivity index (χ1n) is 8.73. The van der Waals surface area contributed by atoms with Crippen molar-refractivity contribution < 1.29 is 0 Å². The first-order chi connectivity index (χ1) is 10.0. The van der Waals surface area contributed by atoms with Crippen LogP contribution in [0.4, 0.5) is 0 Å². The molecular formula is C17H34N4. The molecule has 0 saturated heterocycles. The highest BCUT2D eigenvalue weighted by molar-refractivity contribution is 5.05. The number of nitrogens with zero attached hydrogens (tertiary/aromatic N) is 3. The number of unbranched alkanes of at least 4 members (excludes halogenated alkanes) is 9. The van der Waals surface area contributed by atoms with Crippen LogP contribution in [0.3, 0.4) is 0 Å². The van der Waals surface area contributed by atoms with Gasteiger partial charge in [-0.1, -0.05) is 69.9 Å². The van der Waals surface area contributed by atoms with Crippen LogP contribution in [-0.4, -0.2) is 15.0 Å². The summed E-state index contributed by atoms with van der Waals surface area (Å²) in [6.07, 6.45) is 15.6. The lowest BCUT2D eigenvalue weighted by molar-refractivity contribution is 0.507. The number of nitrogens with two attached hydrogens (primary N) is 1. The molecule has 0 radical (unpaired) electrons. The summed E-state index contributed by atoms with van der Waals surface area (Å²) in [5.41, 5.74) is 6.48. The monoisotopic (exact) mass is 294 g/mol. The maximum Gasteiger partial charge on any atom is 0.102 e. The van der Waals surface area contributed by atoms with E-state index in [4.69, 9.17) is 5.73 Å². The molecule has 0 aromatic carbocycles. The fraction of sp³-hybridized carbons (Fsp3) is 0.882. The topological polar surface area (TPSA) is 56.7 Å². The van der Waals surface area contributed by atoms with Gasteiger partial charge < -0.3 is 5.73 Å². The Hall–Kier alpha value is -0.900. The molecule has 1 aromatic heterocycles. The van der Waals surface area contributed by atoms with Gasteiger partial charge in [-0.25, -0.2) is 0 Å². The molecule has 2 N–H and O–H groups in total. The number of rotatable bonds is 12. The molecule has 0 amide bonds. The molecule has 1 rings (SSSR count). The van der Waals surface area contributed by atoms with E-state index < -0.39 is 5.54 Å². The van der Waals surface area contributed by atoms with E-state index in [1.807, 2.05) is 24.7 Å². The van der Waals surface area contributed by atoms with Crippen molar-refractivity contribution in [3.63, 3.8) is 0 Å². The second-order valence-electron chi connectivity index (χ2n) is 6.77. The number of aryl methyl sites for hydroxylation is 1. The zero-order chi connectivity index (χ0) is 15.6. The lowest BCUT2D eigenvalue weighted by Gasteiger charge is -2.13. The highest BCUT2D eigenvalue weighted by atomic mass is 15.4. The molecule has 0 saturated carbocycles. The Morgan fingerprint density at radius 3 is 1.95 bits per heavy atom. The molecule has 0 unspecified atom stereocenters. The Labute approximate surface area is 130 Å². The maximum atomic E-state index is 6.01. The Morgan fingerprint density at radius 2 is 1.48 bits per heavy atom. The largest absolute Gasteiger partial charge is 0.320 e. The average molecular weight is 294 g/mol. The van der Waals surface area contributed by atoms with Crippen LogP contribution in [0.15, 0.2) is 6.20 Å². The molecule has 21 heavy (non-hydrogen) atoms. The highest BCUT2D eigenvalue weighted by Crippen LogP contribution is 2.13. The lowest BCUT2D eigenvalue weighted by Crippen LogP contribution is -2.29. The fourth-order valence-corrected chi connectivity index (χ4v) is 2.46. The van der Waals surface area contributed by atoms with Gasteiger partial charge in [0.2, 0.25) is 0 Å². The van der Waals surface area contributed by atoms with E-state index in [1.165, 1.54) is 64.2 Å². The summed E-state index contributed by atoms with van der Waals surface area (Å²) in [4.78, 5) is 0. The van der Waals surface area contributed by atoms with E-state index in [1.54, 1.807) is 0 Å². The predicted molar refractivity (Wildman–Crippen MR) is 89.1 cm³/mol. The predicted octanol–water partition coefficient (Wildman–Crippen LogP) is 4.39. The van der Waals surface area contributed by atoms with E-state index >= 15 is 0 Å². The molecule has 122 valence electrons. The Kier molecular flexibility index (Phi) is 8.58.